The van der Waals surface area contributed by atoms with Gasteiger partial charge < -0.3 is 15.5 Å². The molecule has 3 aromatic rings. The van der Waals surface area contributed by atoms with Gasteiger partial charge in [0.2, 0.25) is 0 Å². The quantitative estimate of drug-likeness (QED) is 0.481. The molecule has 3 rings (SSSR count). The molecule has 0 fully saturated rings. The minimum atomic E-state index is 0.300. The Balaban J connectivity index is 1.69. The van der Waals surface area contributed by atoms with Crippen molar-refractivity contribution < 1.29 is 9.53 Å². The molecule has 130 valence electrons. The summed E-state index contributed by atoms with van der Waals surface area (Å²) in [4.78, 5) is 15.4. The molecule has 0 spiro atoms. The van der Waals surface area contributed by atoms with Crippen LogP contribution in [0.3, 0.4) is 0 Å². The fourth-order valence-corrected chi connectivity index (χ4v) is 2.59. The minimum Gasteiger partial charge on any atom is -0.457 e. The molecule has 1 aromatic heterocycles. The third kappa shape index (κ3) is 4.13. The first kappa shape index (κ1) is 17.4. The van der Waals surface area contributed by atoms with E-state index < -0.39 is 0 Å². The maximum atomic E-state index is 11.2. The van der Waals surface area contributed by atoms with Gasteiger partial charge in [-0.25, -0.2) is 4.98 Å². The predicted octanol–water partition coefficient (Wildman–Crippen LogP) is 4.69. The number of benzene rings is 2. The number of pyridine rings is 1. The van der Waals surface area contributed by atoms with E-state index in [-0.39, 0.29) is 0 Å². The molecular formula is C21H19N3O2. The van der Waals surface area contributed by atoms with E-state index in [0.717, 1.165) is 23.3 Å². The predicted molar refractivity (Wildman–Crippen MR) is 102 cm³/mol. The highest BCUT2D eigenvalue weighted by atomic mass is 16.5. The number of para-hydroxylation sites is 1. The second kappa shape index (κ2) is 8.07. The first-order chi connectivity index (χ1) is 12.7. The van der Waals surface area contributed by atoms with E-state index in [1.807, 2.05) is 54.6 Å². The number of aromatic nitrogens is 1. The van der Waals surface area contributed by atoms with E-state index in [1.165, 1.54) is 0 Å². The molecule has 0 amide bonds. The summed E-state index contributed by atoms with van der Waals surface area (Å²) in [6.45, 7) is 2.17. The Morgan fingerprint density at radius 2 is 1.77 bits per heavy atom. The number of nitrogens with zero attached hydrogens (tertiary/aromatic N) is 1. The van der Waals surface area contributed by atoms with E-state index in [0.29, 0.717) is 29.2 Å². The number of carbonyl (C=O) groups excluding carboxylic acids is 1. The Morgan fingerprint density at radius 3 is 2.42 bits per heavy atom. The van der Waals surface area contributed by atoms with Crippen molar-refractivity contribution in [3.8, 4) is 11.5 Å². The van der Waals surface area contributed by atoms with Gasteiger partial charge in [0.1, 0.15) is 17.3 Å². The van der Waals surface area contributed by atoms with E-state index >= 15 is 0 Å². The molecule has 0 unspecified atom stereocenters. The fourth-order valence-electron chi connectivity index (χ4n) is 2.59. The highest BCUT2D eigenvalue weighted by Gasteiger charge is 2.11. The molecule has 5 nitrogen and oxygen atoms in total. The summed E-state index contributed by atoms with van der Waals surface area (Å²) in [7, 11) is 0. The lowest BCUT2D eigenvalue weighted by molar-refractivity contribution is 0.112. The smallest absolute Gasteiger partial charge is 0.150 e. The Morgan fingerprint density at radius 1 is 1.08 bits per heavy atom. The first-order valence-corrected chi connectivity index (χ1v) is 8.23. The second-order valence-corrected chi connectivity index (χ2v) is 5.78. The maximum absolute atomic E-state index is 11.2. The molecule has 5 heteroatoms. The van der Waals surface area contributed by atoms with Gasteiger partial charge >= 0.3 is 0 Å². The molecule has 0 aliphatic heterocycles. The normalized spacial score (nSPS) is 10.2. The lowest BCUT2D eigenvalue weighted by Gasteiger charge is -2.12. The molecule has 0 saturated carbocycles. The number of rotatable bonds is 7. The van der Waals surface area contributed by atoms with Crippen LogP contribution in [-0.4, -0.2) is 17.0 Å². The number of hydrogen-bond acceptors (Lipinski definition) is 5. The summed E-state index contributed by atoms with van der Waals surface area (Å²) < 4.78 is 5.78. The van der Waals surface area contributed by atoms with Gasteiger partial charge in [-0.15, -0.1) is 0 Å². The van der Waals surface area contributed by atoms with E-state index in [2.05, 4.69) is 10.3 Å². The summed E-state index contributed by atoms with van der Waals surface area (Å²) in [6, 6.07) is 19.0. The fraction of sp³-hybridized carbons (Fsp3) is 0.0952. The standard InChI is InChI=1S/C21H19N3O2/c1-15(22)20-17(14-25)11-12-23-21(20)24-13-16-7-9-19(10-8-16)26-18-5-3-2-4-6-18/h2-12,14,22H,13H2,1H3,(H,23,24). The molecule has 0 aliphatic rings. The summed E-state index contributed by atoms with van der Waals surface area (Å²) >= 11 is 0. The molecule has 26 heavy (non-hydrogen) atoms. The number of nitrogens with one attached hydrogen (secondary N) is 2. The Labute approximate surface area is 152 Å². The van der Waals surface area contributed by atoms with Crippen molar-refractivity contribution in [1.29, 1.82) is 5.41 Å². The summed E-state index contributed by atoms with van der Waals surface area (Å²) in [5, 5.41) is 11.1. The molecule has 0 bridgehead atoms. The highest BCUT2D eigenvalue weighted by molar-refractivity contribution is 6.06. The average molecular weight is 345 g/mol. The number of carbonyl (C=O) groups is 1. The van der Waals surface area contributed by atoms with Crippen LogP contribution < -0.4 is 10.1 Å². The van der Waals surface area contributed by atoms with Crippen LogP contribution in [0.1, 0.15) is 28.4 Å². The van der Waals surface area contributed by atoms with Crippen molar-refractivity contribution in [2.75, 3.05) is 5.32 Å². The van der Waals surface area contributed by atoms with E-state index in [9.17, 15) is 4.79 Å². The van der Waals surface area contributed by atoms with Crippen LogP contribution in [0.4, 0.5) is 5.82 Å². The third-order valence-corrected chi connectivity index (χ3v) is 3.85. The van der Waals surface area contributed by atoms with Gasteiger partial charge in [-0.1, -0.05) is 30.3 Å². The monoisotopic (exact) mass is 345 g/mol. The van der Waals surface area contributed by atoms with Gasteiger partial charge in [0.15, 0.2) is 6.29 Å². The molecule has 0 radical (unpaired) electrons. The number of aldehydes is 1. The van der Waals surface area contributed by atoms with Crippen molar-refractivity contribution in [2.45, 2.75) is 13.5 Å². The molecular weight excluding hydrogens is 326 g/mol. The van der Waals surface area contributed by atoms with Crippen LogP contribution in [0.5, 0.6) is 11.5 Å². The molecule has 0 saturated heterocycles. The molecule has 2 N–H and O–H groups in total. The summed E-state index contributed by atoms with van der Waals surface area (Å²) in [5.41, 5.74) is 2.33. The second-order valence-electron chi connectivity index (χ2n) is 5.78. The summed E-state index contributed by atoms with van der Waals surface area (Å²) in [5.74, 6) is 2.09. The number of anilines is 1. The zero-order valence-corrected chi connectivity index (χ0v) is 14.4. The van der Waals surface area contributed by atoms with Crippen LogP contribution in [0.2, 0.25) is 0 Å². The third-order valence-electron chi connectivity index (χ3n) is 3.85. The molecule has 0 aliphatic carbocycles. The zero-order chi connectivity index (χ0) is 18.4. The van der Waals surface area contributed by atoms with Gasteiger partial charge in [-0.05, 0) is 42.8 Å². The van der Waals surface area contributed by atoms with Crippen LogP contribution >= 0.6 is 0 Å². The van der Waals surface area contributed by atoms with Crippen LogP contribution in [0.25, 0.3) is 0 Å². The van der Waals surface area contributed by atoms with Crippen LogP contribution in [0.15, 0.2) is 66.9 Å². The van der Waals surface area contributed by atoms with Crippen molar-refractivity contribution in [1.82, 2.24) is 4.98 Å². The van der Waals surface area contributed by atoms with Crippen LogP contribution in [-0.2, 0) is 6.54 Å². The summed E-state index contributed by atoms with van der Waals surface area (Å²) in [6.07, 6.45) is 2.31. The van der Waals surface area contributed by atoms with Gasteiger partial charge in [-0.2, -0.15) is 0 Å². The van der Waals surface area contributed by atoms with Crippen molar-refractivity contribution in [3.63, 3.8) is 0 Å². The molecule has 1 heterocycles. The molecule has 0 atom stereocenters. The first-order valence-electron chi connectivity index (χ1n) is 8.23. The van der Waals surface area contributed by atoms with Gasteiger partial charge in [-0.3, -0.25) is 4.79 Å². The lowest BCUT2D eigenvalue weighted by Crippen LogP contribution is -2.09. The zero-order valence-electron chi connectivity index (χ0n) is 14.4. The highest BCUT2D eigenvalue weighted by Crippen LogP contribution is 2.22. The van der Waals surface area contributed by atoms with Gasteiger partial charge in [0.25, 0.3) is 0 Å². The van der Waals surface area contributed by atoms with Gasteiger partial charge in [0.05, 0.1) is 0 Å². The maximum Gasteiger partial charge on any atom is 0.150 e. The minimum absolute atomic E-state index is 0.300. The van der Waals surface area contributed by atoms with Crippen molar-refractivity contribution in [3.05, 3.63) is 83.6 Å². The Hall–Kier alpha value is -3.47. The number of ether oxygens (including phenoxy) is 1. The molecule has 2 aromatic carbocycles. The van der Waals surface area contributed by atoms with Crippen molar-refractivity contribution >= 4 is 17.8 Å². The Bertz CT molecular complexity index is 906. The van der Waals surface area contributed by atoms with Crippen molar-refractivity contribution in [2.24, 2.45) is 0 Å². The average Bonchev–Trinajstić information content (AvgIpc) is 2.67. The van der Waals surface area contributed by atoms with Crippen LogP contribution in [0, 0.1) is 5.41 Å². The SMILES string of the molecule is CC(=N)c1c(C=O)ccnc1NCc1ccc(Oc2ccccc2)cc1. The van der Waals surface area contributed by atoms with Gasteiger partial charge in [0, 0.05) is 29.6 Å². The number of hydrogen-bond donors (Lipinski definition) is 2. The van der Waals surface area contributed by atoms with E-state index in [4.69, 9.17) is 10.1 Å². The van der Waals surface area contributed by atoms with E-state index in [1.54, 1.807) is 19.2 Å². The largest absolute Gasteiger partial charge is 0.457 e. The Kier molecular flexibility index (Phi) is 5.39. The lowest BCUT2D eigenvalue weighted by atomic mass is 10.1. The topological polar surface area (TPSA) is 75.1 Å².